The molecule has 2 aromatic carbocycles. The number of esters is 1. The van der Waals surface area contributed by atoms with Gasteiger partial charge in [0.15, 0.2) is 0 Å². The van der Waals surface area contributed by atoms with Gasteiger partial charge in [-0.1, -0.05) is 54.6 Å². The molecule has 2 saturated heterocycles. The van der Waals surface area contributed by atoms with E-state index >= 15 is 0 Å². The molecule has 0 aliphatic carbocycles. The molecule has 0 radical (unpaired) electrons. The summed E-state index contributed by atoms with van der Waals surface area (Å²) in [5.41, 5.74) is 1.43. The lowest BCUT2D eigenvalue weighted by Crippen LogP contribution is -2.38. The number of aliphatic hydroxyl groups excluding tert-OH is 1. The van der Waals surface area contributed by atoms with Gasteiger partial charge in [-0.25, -0.2) is 9.59 Å². The van der Waals surface area contributed by atoms with Gasteiger partial charge in [-0.2, -0.15) is 0 Å². The summed E-state index contributed by atoms with van der Waals surface area (Å²) in [6.07, 6.45) is -0.0335. The lowest BCUT2D eigenvalue weighted by molar-refractivity contribution is -0.162. The number of amides is 2. The molecule has 2 amide bonds. The Balaban J connectivity index is 1.50. The molecular formula is C34H46N2O7. The molecule has 9 heteroatoms. The van der Waals surface area contributed by atoms with Crippen molar-refractivity contribution >= 4 is 18.2 Å². The molecule has 0 aromatic heterocycles. The third kappa shape index (κ3) is 9.20. The fraction of sp³-hybridized carbons (Fsp3) is 0.559. The number of likely N-dealkylation sites (tertiary alicyclic amines) is 2. The number of aliphatic hydroxyl groups is 1. The van der Waals surface area contributed by atoms with Crippen LogP contribution in [0.25, 0.3) is 0 Å². The van der Waals surface area contributed by atoms with Gasteiger partial charge < -0.3 is 24.2 Å². The first-order chi connectivity index (χ1) is 20.2. The summed E-state index contributed by atoms with van der Waals surface area (Å²) in [6.45, 7) is 12.3. The van der Waals surface area contributed by atoms with Crippen LogP contribution in [-0.2, 0) is 32.0 Å². The summed E-state index contributed by atoms with van der Waals surface area (Å²) < 4.78 is 17.0. The van der Waals surface area contributed by atoms with Crippen LogP contribution in [0.4, 0.5) is 9.59 Å². The average Bonchev–Trinajstić information content (AvgIpc) is 3.56. The molecule has 1 unspecified atom stereocenters. The van der Waals surface area contributed by atoms with E-state index in [9.17, 15) is 19.5 Å². The van der Waals surface area contributed by atoms with Crippen molar-refractivity contribution in [3.63, 3.8) is 0 Å². The third-order valence-corrected chi connectivity index (χ3v) is 7.67. The Hall–Kier alpha value is -3.59. The number of β-amino-alcohol motifs (C(OH)–C–C–N with tert-alkyl or cyclic N) is 1. The summed E-state index contributed by atoms with van der Waals surface area (Å²) in [6, 6.07) is 16.9. The zero-order valence-electron chi connectivity index (χ0n) is 26.2. The lowest BCUT2D eigenvalue weighted by atomic mass is 9.85. The van der Waals surface area contributed by atoms with Crippen molar-refractivity contribution in [3.8, 4) is 0 Å². The Morgan fingerprint density at radius 1 is 0.884 bits per heavy atom. The van der Waals surface area contributed by atoms with Gasteiger partial charge in [-0.3, -0.25) is 9.69 Å². The second-order valence-corrected chi connectivity index (χ2v) is 13.7. The molecule has 234 valence electrons. The predicted octanol–water partition coefficient (Wildman–Crippen LogP) is 5.89. The zero-order valence-corrected chi connectivity index (χ0v) is 26.2. The predicted molar refractivity (Wildman–Crippen MR) is 162 cm³/mol. The van der Waals surface area contributed by atoms with E-state index in [1.54, 1.807) is 9.80 Å². The van der Waals surface area contributed by atoms with Gasteiger partial charge in [0.25, 0.3) is 0 Å². The summed E-state index contributed by atoms with van der Waals surface area (Å²) in [5.74, 6) is -0.858. The molecule has 4 rings (SSSR count). The summed E-state index contributed by atoms with van der Waals surface area (Å²) >= 11 is 0. The fourth-order valence-electron chi connectivity index (χ4n) is 5.74. The van der Waals surface area contributed by atoms with Crippen molar-refractivity contribution in [2.24, 2.45) is 11.8 Å². The van der Waals surface area contributed by atoms with Crippen LogP contribution >= 0.6 is 0 Å². The maximum Gasteiger partial charge on any atom is 0.410 e. The molecule has 0 saturated carbocycles. The Kier molecular flexibility index (Phi) is 10.1. The van der Waals surface area contributed by atoms with Gasteiger partial charge in [0, 0.05) is 13.1 Å². The highest BCUT2D eigenvalue weighted by Gasteiger charge is 2.40. The SMILES string of the molecule is CC(C)(C)OC(=O)[C@@H](Cc1cccc(C2C[C@@H](O)CN2C(=O)OCc2ccccc2)c1)[C@H]1CCN(C(=O)OC(C)(C)C)C1. The quantitative estimate of drug-likeness (QED) is 0.315. The van der Waals surface area contributed by atoms with Gasteiger partial charge in [0.2, 0.25) is 0 Å². The van der Waals surface area contributed by atoms with Gasteiger partial charge in [0.1, 0.15) is 17.8 Å². The topological polar surface area (TPSA) is 106 Å². The highest BCUT2D eigenvalue weighted by atomic mass is 16.6. The smallest absolute Gasteiger partial charge is 0.410 e. The van der Waals surface area contributed by atoms with Gasteiger partial charge >= 0.3 is 18.2 Å². The van der Waals surface area contributed by atoms with Gasteiger partial charge in [-0.15, -0.1) is 0 Å². The zero-order chi connectivity index (χ0) is 31.4. The van der Waals surface area contributed by atoms with E-state index in [2.05, 4.69) is 0 Å². The number of benzene rings is 2. The second kappa shape index (κ2) is 13.4. The van der Waals surface area contributed by atoms with Crippen molar-refractivity contribution in [1.29, 1.82) is 0 Å². The monoisotopic (exact) mass is 594 g/mol. The Labute approximate surface area is 255 Å². The van der Waals surface area contributed by atoms with Crippen LogP contribution in [0, 0.1) is 11.8 Å². The number of hydrogen-bond acceptors (Lipinski definition) is 7. The summed E-state index contributed by atoms with van der Waals surface area (Å²) in [5, 5.41) is 10.5. The van der Waals surface area contributed by atoms with Crippen molar-refractivity contribution in [2.45, 2.75) is 90.8 Å². The van der Waals surface area contributed by atoms with Crippen molar-refractivity contribution in [3.05, 3.63) is 71.3 Å². The Morgan fingerprint density at radius 2 is 1.56 bits per heavy atom. The van der Waals surface area contributed by atoms with E-state index in [1.807, 2.05) is 96.1 Å². The highest BCUT2D eigenvalue weighted by molar-refractivity contribution is 5.74. The maximum atomic E-state index is 13.5. The van der Waals surface area contributed by atoms with E-state index in [1.165, 1.54) is 0 Å². The fourth-order valence-corrected chi connectivity index (χ4v) is 5.74. The first-order valence-corrected chi connectivity index (χ1v) is 15.1. The number of rotatable bonds is 7. The molecule has 2 heterocycles. The molecule has 2 aliphatic rings. The van der Waals surface area contributed by atoms with Crippen LogP contribution in [0.15, 0.2) is 54.6 Å². The molecule has 2 aliphatic heterocycles. The van der Waals surface area contributed by atoms with Crippen LogP contribution in [0.1, 0.15) is 77.1 Å². The van der Waals surface area contributed by atoms with E-state index < -0.39 is 29.3 Å². The molecule has 9 nitrogen and oxygen atoms in total. The molecule has 0 spiro atoms. The van der Waals surface area contributed by atoms with E-state index in [4.69, 9.17) is 14.2 Å². The second-order valence-electron chi connectivity index (χ2n) is 13.7. The first-order valence-electron chi connectivity index (χ1n) is 15.1. The minimum Gasteiger partial charge on any atom is -0.460 e. The first kappa shape index (κ1) is 32.3. The molecule has 2 aromatic rings. The highest BCUT2D eigenvalue weighted by Crippen LogP contribution is 2.35. The Bertz CT molecular complexity index is 1270. The van der Waals surface area contributed by atoms with Gasteiger partial charge in [0.05, 0.1) is 24.6 Å². The number of hydrogen-bond donors (Lipinski definition) is 1. The number of ether oxygens (including phenoxy) is 3. The van der Waals surface area contributed by atoms with Crippen molar-refractivity contribution in [2.75, 3.05) is 19.6 Å². The number of carbonyl (C=O) groups is 3. The normalized spacial score (nSPS) is 21.4. The molecule has 43 heavy (non-hydrogen) atoms. The molecule has 2 fully saturated rings. The molecule has 1 N–H and O–H groups in total. The third-order valence-electron chi connectivity index (χ3n) is 7.67. The van der Waals surface area contributed by atoms with Crippen LogP contribution in [0.5, 0.6) is 0 Å². The van der Waals surface area contributed by atoms with Crippen LogP contribution in [0.3, 0.4) is 0 Å². The minimum atomic E-state index is -0.662. The summed E-state index contributed by atoms with van der Waals surface area (Å²) in [4.78, 5) is 42.6. The molecule has 0 bridgehead atoms. The Morgan fingerprint density at radius 3 is 2.23 bits per heavy atom. The van der Waals surface area contributed by atoms with Crippen molar-refractivity contribution < 1.29 is 33.7 Å². The number of nitrogens with zero attached hydrogens (tertiary/aromatic N) is 2. The van der Waals surface area contributed by atoms with Crippen LogP contribution in [0.2, 0.25) is 0 Å². The van der Waals surface area contributed by atoms with Crippen LogP contribution < -0.4 is 0 Å². The molecular weight excluding hydrogens is 548 g/mol. The molecule has 4 atom stereocenters. The average molecular weight is 595 g/mol. The number of carbonyl (C=O) groups excluding carboxylic acids is 3. The standard InChI is InChI=1S/C34H46N2O7/c1-33(2,3)42-30(38)28(26-15-16-35(20-26)31(39)43-34(4,5)6)18-24-13-10-14-25(17-24)29-19-27(37)21-36(29)32(40)41-22-23-11-8-7-9-12-23/h7-14,17,26-29,37H,15-16,18-22H2,1-6H3/t26-,27+,28-,29?/m0/s1. The van der Waals surface area contributed by atoms with E-state index in [0.717, 1.165) is 16.7 Å². The lowest BCUT2D eigenvalue weighted by Gasteiger charge is -2.28. The minimum absolute atomic E-state index is 0.0937. The maximum absolute atomic E-state index is 13.5. The van der Waals surface area contributed by atoms with Crippen LogP contribution in [-0.4, -0.2) is 70.0 Å². The largest absolute Gasteiger partial charge is 0.460 e. The van der Waals surface area contributed by atoms with Crippen molar-refractivity contribution in [1.82, 2.24) is 9.80 Å². The van der Waals surface area contributed by atoms with E-state index in [0.29, 0.717) is 32.4 Å². The summed E-state index contributed by atoms with van der Waals surface area (Å²) in [7, 11) is 0. The van der Waals surface area contributed by atoms with E-state index in [-0.39, 0.29) is 37.2 Å². The van der Waals surface area contributed by atoms with Gasteiger partial charge in [-0.05, 0) is 83.4 Å².